The molecule has 1 heterocycles. The molecule has 3 aromatic rings. The summed E-state index contributed by atoms with van der Waals surface area (Å²) in [5, 5.41) is 21.6. The van der Waals surface area contributed by atoms with Gasteiger partial charge in [-0.1, -0.05) is 23.9 Å². The molecule has 0 unspecified atom stereocenters. The SMILES string of the molecule is COc1ccc(-c2ccc(C#N)c(SCC(=O)Nc3ccccc3C(=O)O)n2)cc1. The number of carbonyl (C=O) groups excluding carboxylic acids is 1. The van der Waals surface area contributed by atoms with Crippen LogP contribution in [-0.4, -0.2) is 34.8 Å². The Hall–Kier alpha value is -3.83. The van der Waals surface area contributed by atoms with Gasteiger partial charge in [-0.2, -0.15) is 5.26 Å². The number of methoxy groups -OCH3 is 1. The van der Waals surface area contributed by atoms with Crippen molar-refractivity contribution < 1.29 is 19.4 Å². The molecule has 0 aliphatic heterocycles. The Labute approximate surface area is 177 Å². The number of aromatic carboxylic acids is 1. The number of aromatic nitrogens is 1. The lowest BCUT2D eigenvalue weighted by Gasteiger charge is -2.09. The van der Waals surface area contributed by atoms with Crippen LogP contribution in [0.15, 0.2) is 65.7 Å². The van der Waals surface area contributed by atoms with Crippen molar-refractivity contribution in [3.05, 3.63) is 71.8 Å². The number of amides is 1. The molecule has 0 saturated heterocycles. The van der Waals surface area contributed by atoms with E-state index in [1.807, 2.05) is 24.3 Å². The smallest absolute Gasteiger partial charge is 0.337 e. The van der Waals surface area contributed by atoms with Gasteiger partial charge in [-0.25, -0.2) is 9.78 Å². The van der Waals surface area contributed by atoms with E-state index in [4.69, 9.17) is 4.74 Å². The van der Waals surface area contributed by atoms with E-state index in [0.29, 0.717) is 16.3 Å². The third kappa shape index (κ3) is 4.96. The number of anilines is 1. The minimum absolute atomic E-state index is 0.00759. The molecule has 2 aromatic carbocycles. The molecular formula is C22H17N3O4S. The van der Waals surface area contributed by atoms with Gasteiger partial charge >= 0.3 is 5.97 Å². The predicted octanol–water partition coefficient (Wildman–Crippen LogP) is 4.06. The van der Waals surface area contributed by atoms with Crippen LogP contribution in [0.25, 0.3) is 11.3 Å². The number of pyridine rings is 1. The first kappa shape index (κ1) is 20.9. The molecule has 0 aliphatic carbocycles. The summed E-state index contributed by atoms with van der Waals surface area (Å²) in [6.07, 6.45) is 0. The number of hydrogen-bond donors (Lipinski definition) is 2. The number of hydrogen-bond acceptors (Lipinski definition) is 6. The van der Waals surface area contributed by atoms with Crippen LogP contribution in [0.2, 0.25) is 0 Å². The van der Waals surface area contributed by atoms with Gasteiger partial charge in [0, 0.05) is 5.56 Å². The number of nitriles is 1. The van der Waals surface area contributed by atoms with Gasteiger partial charge in [-0.05, 0) is 48.5 Å². The number of carboxylic acids is 1. The van der Waals surface area contributed by atoms with Crippen LogP contribution in [0.3, 0.4) is 0 Å². The van der Waals surface area contributed by atoms with E-state index in [9.17, 15) is 20.0 Å². The quantitative estimate of drug-likeness (QED) is 0.555. The first-order valence-corrected chi connectivity index (χ1v) is 9.81. The summed E-state index contributed by atoms with van der Waals surface area (Å²) < 4.78 is 5.15. The van der Waals surface area contributed by atoms with Gasteiger partial charge in [-0.3, -0.25) is 4.79 Å². The number of thioether (sulfide) groups is 1. The van der Waals surface area contributed by atoms with E-state index in [0.717, 1.165) is 23.1 Å². The van der Waals surface area contributed by atoms with Crippen LogP contribution in [0, 0.1) is 11.3 Å². The molecule has 0 spiro atoms. The van der Waals surface area contributed by atoms with Crippen molar-refractivity contribution in [2.24, 2.45) is 0 Å². The molecule has 0 bridgehead atoms. The van der Waals surface area contributed by atoms with E-state index in [2.05, 4.69) is 16.4 Å². The number of rotatable bonds is 7. The van der Waals surface area contributed by atoms with Crippen molar-refractivity contribution in [2.75, 3.05) is 18.2 Å². The Morgan fingerprint density at radius 3 is 2.53 bits per heavy atom. The van der Waals surface area contributed by atoms with E-state index in [1.165, 1.54) is 12.1 Å². The fraction of sp³-hybridized carbons (Fsp3) is 0.0909. The van der Waals surface area contributed by atoms with Crippen LogP contribution >= 0.6 is 11.8 Å². The number of para-hydroxylation sites is 1. The van der Waals surface area contributed by atoms with Gasteiger partial charge in [0.25, 0.3) is 0 Å². The second kappa shape index (κ2) is 9.58. The minimum Gasteiger partial charge on any atom is -0.497 e. The van der Waals surface area contributed by atoms with Crippen LogP contribution in [0.1, 0.15) is 15.9 Å². The average Bonchev–Trinajstić information content (AvgIpc) is 2.77. The molecule has 3 rings (SSSR count). The fourth-order valence-electron chi connectivity index (χ4n) is 2.66. The van der Waals surface area contributed by atoms with Gasteiger partial charge in [0.05, 0.1) is 35.4 Å². The molecular weight excluding hydrogens is 402 g/mol. The second-order valence-corrected chi connectivity index (χ2v) is 7.04. The Morgan fingerprint density at radius 1 is 1.13 bits per heavy atom. The highest BCUT2D eigenvalue weighted by Gasteiger charge is 2.14. The monoisotopic (exact) mass is 419 g/mol. The molecule has 0 saturated carbocycles. The van der Waals surface area contributed by atoms with Gasteiger partial charge in [0.15, 0.2) is 0 Å². The molecule has 1 aromatic heterocycles. The van der Waals surface area contributed by atoms with E-state index >= 15 is 0 Å². The molecule has 0 radical (unpaired) electrons. The molecule has 30 heavy (non-hydrogen) atoms. The van der Waals surface area contributed by atoms with Crippen molar-refractivity contribution in [1.82, 2.24) is 4.98 Å². The fourth-order valence-corrected chi connectivity index (χ4v) is 3.43. The zero-order valence-corrected chi connectivity index (χ0v) is 16.8. The molecule has 8 heteroatoms. The Morgan fingerprint density at radius 2 is 1.87 bits per heavy atom. The topological polar surface area (TPSA) is 112 Å². The van der Waals surface area contributed by atoms with Gasteiger partial charge in [-0.15, -0.1) is 0 Å². The lowest BCUT2D eigenvalue weighted by atomic mass is 10.1. The predicted molar refractivity (Wildman–Crippen MR) is 114 cm³/mol. The van der Waals surface area contributed by atoms with Gasteiger partial charge in [0.1, 0.15) is 16.8 Å². The maximum Gasteiger partial charge on any atom is 0.337 e. The third-order valence-corrected chi connectivity index (χ3v) is 5.13. The van der Waals surface area contributed by atoms with Crippen molar-refractivity contribution in [3.8, 4) is 23.1 Å². The molecule has 7 nitrogen and oxygen atoms in total. The van der Waals surface area contributed by atoms with E-state index in [1.54, 1.807) is 31.4 Å². The Bertz CT molecular complexity index is 1120. The van der Waals surface area contributed by atoms with Crippen molar-refractivity contribution in [3.63, 3.8) is 0 Å². The largest absolute Gasteiger partial charge is 0.497 e. The van der Waals surface area contributed by atoms with E-state index in [-0.39, 0.29) is 17.0 Å². The number of carbonyl (C=O) groups is 2. The highest BCUT2D eigenvalue weighted by molar-refractivity contribution is 8.00. The van der Waals surface area contributed by atoms with Gasteiger partial charge < -0.3 is 15.2 Å². The summed E-state index contributed by atoms with van der Waals surface area (Å²) >= 11 is 1.11. The van der Waals surface area contributed by atoms with Gasteiger partial charge in [0.2, 0.25) is 5.91 Å². The summed E-state index contributed by atoms with van der Waals surface area (Å²) in [5.74, 6) is -0.824. The summed E-state index contributed by atoms with van der Waals surface area (Å²) in [6, 6.07) is 19.0. The first-order chi connectivity index (χ1) is 14.5. The molecule has 1 amide bonds. The second-order valence-electron chi connectivity index (χ2n) is 6.08. The van der Waals surface area contributed by atoms with Crippen molar-refractivity contribution >= 4 is 29.3 Å². The molecule has 2 N–H and O–H groups in total. The normalized spacial score (nSPS) is 10.1. The van der Waals surface area contributed by atoms with Crippen LogP contribution in [-0.2, 0) is 4.79 Å². The maximum absolute atomic E-state index is 12.3. The average molecular weight is 419 g/mol. The summed E-state index contributed by atoms with van der Waals surface area (Å²) in [7, 11) is 1.59. The lowest BCUT2D eigenvalue weighted by molar-refractivity contribution is -0.113. The summed E-state index contributed by atoms with van der Waals surface area (Å²) in [6.45, 7) is 0. The number of benzene rings is 2. The summed E-state index contributed by atoms with van der Waals surface area (Å²) in [5.41, 5.74) is 2.10. The zero-order valence-electron chi connectivity index (χ0n) is 16.0. The highest BCUT2D eigenvalue weighted by Crippen LogP contribution is 2.27. The molecule has 0 fully saturated rings. The number of carboxylic acid groups (broad SMARTS) is 1. The zero-order chi connectivity index (χ0) is 21.5. The third-order valence-electron chi connectivity index (χ3n) is 4.14. The Balaban J connectivity index is 1.75. The first-order valence-electron chi connectivity index (χ1n) is 8.82. The number of nitrogens with one attached hydrogen (secondary N) is 1. The van der Waals surface area contributed by atoms with Crippen molar-refractivity contribution in [1.29, 1.82) is 5.26 Å². The molecule has 0 atom stereocenters. The van der Waals surface area contributed by atoms with Crippen LogP contribution < -0.4 is 10.1 Å². The van der Waals surface area contributed by atoms with E-state index < -0.39 is 11.9 Å². The Kier molecular flexibility index (Phi) is 6.67. The van der Waals surface area contributed by atoms with Crippen LogP contribution in [0.5, 0.6) is 5.75 Å². The standard InChI is InChI=1S/C22H17N3O4S/c1-29-16-9-6-14(7-10-16)18-11-8-15(12-23)21(25-18)30-13-20(26)24-19-5-3-2-4-17(19)22(27)28/h2-11H,13H2,1H3,(H,24,26)(H,27,28). The molecule has 0 aliphatic rings. The minimum atomic E-state index is -1.13. The summed E-state index contributed by atoms with van der Waals surface area (Å²) in [4.78, 5) is 28.1. The number of ether oxygens (including phenoxy) is 1. The highest BCUT2D eigenvalue weighted by atomic mass is 32.2. The number of nitrogens with zero attached hydrogens (tertiary/aromatic N) is 2. The van der Waals surface area contributed by atoms with Crippen LogP contribution in [0.4, 0.5) is 5.69 Å². The molecule has 150 valence electrons. The van der Waals surface area contributed by atoms with Crippen molar-refractivity contribution in [2.45, 2.75) is 5.03 Å². The maximum atomic E-state index is 12.3. The lowest BCUT2D eigenvalue weighted by Crippen LogP contribution is -2.16.